The topological polar surface area (TPSA) is 55.0 Å². The number of hydrogen-bond donors (Lipinski definition) is 1. The van der Waals surface area contributed by atoms with Gasteiger partial charge < -0.3 is 5.73 Å². The highest BCUT2D eigenvalue weighted by Gasteiger charge is 2.17. The van der Waals surface area contributed by atoms with Crippen LogP contribution in [0.1, 0.15) is 24.1 Å². The molecule has 2 aromatic heterocycles. The second-order valence-electron chi connectivity index (χ2n) is 4.45. The molecular formula is C15H20N4. The van der Waals surface area contributed by atoms with Gasteiger partial charge in [-0.2, -0.15) is 0 Å². The molecule has 0 fully saturated rings. The summed E-state index contributed by atoms with van der Waals surface area (Å²) in [6.07, 6.45) is 7.29. The Kier molecular flexibility index (Phi) is 5.01. The molecule has 4 nitrogen and oxygen atoms in total. The van der Waals surface area contributed by atoms with Crippen LogP contribution in [0, 0.1) is 0 Å². The molecular weight excluding hydrogens is 236 g/mol. The van der Waals surface area contributed by atoms with Crippen LogP contribution in [0.15, 0.2) is 49.1 Å². The lowest BCUT2D eigenvalue weighted by Crippen LogP contribution is -2.33. The molecule has 1 atom stereocenters. The van der Waals surface area contributed by atoms with Crippen molar-refractivity contribution < 1.29 is 0 Å². The Labute approximate surface area is 114 Å². The largest absolute Gasteiger partial charge is 0.329 e. The summed E-state index contributed by atoms with van der Waals surface area (Å²) in [5, 5.41) is 0. The monoisotopic (exact) mass is 256 g/mol. The van der Waals surface area contributed by atoms with Crippen molar-refractivity contribution in [2.45, 2.75) is 19.5 Å². The first kappa shape index (κ1) is 13.6. The Morgan fingerprint density at radius 1 is 1.05 bits per heavy atom. The lowest BCUT2D eigenvalue weighted by molar-refractivity contribution is 0.203. The molecule has 0 aromatic carbocycles. The van der Waals surface area contributed by atoms with E-state index in [1.807, 2.05) is 49.1 Å². The number of likely N-dealkylation sites (N-methyl/N-ethyl adjacent to an activating group) is 1. The molecule has 100 valence electrons. The summed E-state index contributed by atoms with van der Waals surface area (Å²) < 4.78 is 0. The second-order valence-corrected chi connectivity index (χ2v) is 4.45. The van der Waals surface area contributed by atoms with Crippen molar-refractivity contribution in [3.8, 4) is 0 Å². The van der Waals surface area contributed by atoms with Crippen LogP contribution in [0.3, 0.4) is 0 Å². The Morgan fingerprint density at radius 2 is 1.63 bits per heavy atom. The van der Waals surface area contributed by atoms with E-state index < -0.39 is 0 Å². The molecule has 0 aliphatic heterocycles. The maximum atomic E-state index is 5.96. The highest BCUT2D eigenvalue weighted by molar-refractivity contribution is 5.17. The van der Waals surface area contributed by atoms with E-state index in [0.717, 1.165) is 13.1 Å². The van der Waals surface area contributed by atoms with Crippen molar-refractivity contribution in [3.05, 3.63) is 60.2 Å². The van der Waals surface area contributed by atoms with Gasteiger partial charge in [0.2, 0.25) is 0 Å². The summed E-state index contributed by atoms with van der Waals surface area (Å²) in [6.45, 7) is 4.59. The van der Waals surface area contributed by atoms with E-state index in [1.54, 1.807) is 0 Å². The summed E-state index contributed by atoms with van der Waals surface area (Å²) in [7, 11) is 0. The quantitative estimate of drug-likeness (QED) is 0.859. The fraction of sp³-hybridized carbons (Fsp3) is 0.333. The number of nitrogens with two attached hydrogens (primary N) is 1. The zero-order chi connectivity index (χ0) is 13.5. The molecule has 2 N–H and O–H groups in total. The molecule has 0 bridgehead atoms. The molecule has 4 heteroatoms. The SMILES string of the molecule is CCN(Cc1ccncc1)C(CN)c1ccncc1. The van der Waals surface area contributed by atoms with E-state index >= 15 is 0 Å². The second kappa shape index (κ2) is 6.97. The van der Waals surface area contributed by atoms with Gasteiger partial charge in [-0.25, -0.2) is 0 Å². The van der Waals surface area contributed by atoms with Crippen LogP contribution in [0.5, 0.6) is 0 Å². The van der Waals surface area contributed by atoms with Crippen LogP contribution in [0.2, 0.25) is 0 Å². The van der Waals surface area contributed by atoms with Crippen molar-refractivity contribution in [2.75, 3.05) is 13.1 Å². The summed E-state index contributed by atoms with van der Waals surface area (Å²) in [5.41, 5.74) is 8.43. The van der Waals surface area contributed by atoms with E-state index in [2.05, 4.69) is 21.8 Å². The zero-order valence-electron chi connectivity index (χ0n) is 11.2. The number of hydrogen-bond acceptors (Lipinski definition) is 4. The van der Waals surface area contributed by atoms with Gasteiger partial charge in [-0.3, -0.25) is 14.9 Å². The highest BCUT2D eigenvalue weighted by Crippen LogP contribution is 2.20. The molecule has 0 amide bonds. The van der Waals surface area contributed by atoms with Crippen LogP contribution < -0.4 is 5.73 Å². The lowest BCUT2D eigenvalue weighted by atomic mass is 10.1. The summed E-state index contributed by atoms with van der Waals surface area (Å²) >= 11 is 0. The standard InChI is InChI=1S/C15H20N4/c1-2-19(12-13-3-7-17-8-4-13)15(11-16)14-5-9-18-10-6-14/h3-10,15H,2,11-12,16H2,1H3. The van der Waals surface area contributed by atoms with E-state index in [9.17, 15) is 0 Å². The molecule has 2 rings (SSSR count). The third kappa shape index (κ3) is 3.59. The van der Waals surface area contributed by atoms with E-state index in [-0.39, 0.29) is 6.04 Å². The van der Waals surface area contributed by atoms with Gasteiger partial charge in [0.05, 0.1) is 0 Å². The average molecular weight is 256 g/mol. The number of rotatable bonds is 6. The fourth-order valence-corrected chi connectivity index (χ4v) is 2.25. The number of nitrogens with zero attached hydrogens (tertiary/aromatic N) is 3. The predicted molar refractivity (Wildman–Crippen MR) is 76.4 cm³/mol. The van der Waals surface area contributed by atoms with E-state index in [0.29, 0.717) is 6.54 Å². The molecule has 19 heavy (non-hydrogen) atoms. The molecule has 0 saturated heterocycles. The third-order valence-corrected chi connectivity index (χ3v) is 3.30. The van der Waals surface area contributed by atoms with Crippen molar-refractivity contribution >= 4 is 0 Å². The minimum atomic E-state index is 0.223. The van der Waals surface area contributed by atoms with Gasteiger partial charge in [-0.15, -0.1) is 0 Å². The van der Waals surface area contributed by atoms with Gasteiger partial charge in [0.25, 0.3) is 0 Å². The van der Waals surface area contributed by atoms with Crippen molar-refractivity contribution in [1.82, 2.24) is 14.9 Å². The first-order valence-electron chi connectivity index (χ1n) is 6.58. The lowest BCUT2D eigenvalue weighted by Gasteiger charge is -2.30. The molecule has 0 radical (unpaired) electrons. The molecule has 2 aromatic rings. The minimum absolute atomic E-state index is 0.223. The normalized spacial score (nSPS) is 12.6. The van der Waals surface area contributed by atoms with Crippen LogP contribution >= 0.6 is 0 Å². The highest BCUT2D eigenvalue weighted by atomic mass is 15.2. The maximum Gasteiger partial charge on any atom is 0.0474 e. The van der Waals surface area contributed by atoms with Crippen LogP contribution in [-0.2, 0) is 6.54 Å². The fourth-order valence-electron chi connectivity index (χ4n) is 2.25. The molecule has 0 spiro atoms. The van der Waals surface area contributed by atoms with Crippen LogP contribution in [-0.4, -0.2) is 28.0 Å². The first-order valence-corrected chi connectivity index (χ1v) is 6.58. The molecule has 1 unspecified atom stereocenters. The van der Waals surface area contributed by atoms with E-state index in [1.165, 1.54) is 11.1 Å². The van der Waals surface area contributed by atoms with Crippen molar-refractivity contribution in [2.24, 2.45) is 5.73 Å². The van der Waals surface area contributed by atoms with Gasteiger partial charge in [0, 0.05) is 43.9 Å². The maximum absolute atomic E-state index is 5.96. The Morgan fingerprint density at radius 3 is 2.16 bits per heavy atom. The Balaban J connectivity index is 2.15. The minimum Gasteiger partial charge on any atom is -0.329 e. The molecule has 2 heterocycles. The van der Waals surface area contributed by atoms with Gasteiger partial charge in [0.15, 0.2) is 0 Å². The zero-order valence-corrected chi connectivity index (χ0v) is 11.2. The van der Waals surface area contributed by atoms with Crippen LogP contribution in [0.25, 0.3) is 0 Å². The van der Waals surface area contributed by atoms with Gasteiger partial charge in [-0.1, -0.05) is 6.92 Å². The Bertz CT molecular complexity index is 472. The molecule has 0 aliphatic rings. The van der Waals surface area contributed by atoms with Crippen LogP contribution in [0.4, 0.5) is 0 Å². The van der Waals surface area contributed by atoms with Crippen molar-refractivity contribution in [3.63, 3.8) is 0 Å². The third-order valence-electron chi connectivity index (χ3n) is 3.30. The average Bonchev–Trinajstić information content (AvgIpc) is 2.49. The summed E-state index contributed by atoms with van der Waals surface area (Å²) in [6, 6.07) is 8.38. The summed E-state index contributed by atoms with van der Waals surface area (Å²) in [5.74, 6) is 0. The van der Waals surface area contributed by atoms with Gasteiger partial charge in [-0.05, 0) is 41.9 Å². The van der Waals surface area contributed by atoms with E-state index in [4.69, 9.17) is 5.73 Å². The van der Waals surface area contributed by atoms with Gasteiger partial charge in [0.1, 0.15) is 0 Å². The van der Waals surface area contributed by atoms with Crippen molar-refractivity contribution in [1.29, 1.82) is 0 Å². The number of pyridine rings is 2. The number of aromatic nitrogens is 2. The Hall–Kier alpha value is -1.78. The smallest absolute Gasteiger partial charge is 0.0474 e. The predicted octanol–water partition coefficient (Wildman–Crippen LogP) is 2.00. The van der Waals surface area contributed by atoms with Gasteiger partial charge >= 0.3 is 0 Å². The summed E-state index contributed by atoms with van der Waals surface area (Å²) in [4.78, 5) is 10.5. The molecule has 0 saturated carbocycles. The first-order chi connectivity index (χ1) is 9.35. The molecule has 0 aliphatic carbocycles.